The molecular formula is C5H7N3. The molecule has 0 radical (unpaired) electrons. The van der Waals surface area contributed by atoms with Gasteiger partial charge in [-0.3, -0.25) is 0 Å². The summed E-state index contributed by atoms with van der Waals surface area (Å²) < 4.78 is 0. The van der Waals surface area contributed by atoms with Gasteiger partial charge in [-0.2, -0.15) is 10.3 Å². The van der Waals surface area contributed by atoms with E-state index in [0.717, 1.165) is 12.1 Å². The lowest BCUT2D eigenvalue weighted by atomic mass is 10.7. The summed E-state index contributed by atoms with van der Waals surface area (Å²) >= 11 is 0. The van der Waals surface area contributed by atoms with Crippen LogP contribution in [0.2, 0.25) is 0 Å². The number of rotatable bonds is 1. The van der Waals surface area contributed by atoms with Crippen molar-refractivity contribution in [2.75, 3.05) is 7.05 Å². The molecule has 0 bridgehead atoms. The van der Waals surface area contributed by atoms with E-state index in [-0.39, 0.29) is 0 Å². The second-order valence-corrected chi connectivity index (χ2v) is 1.75. The lowest BCUT2D eigenvalue weighted by molar-refractivity contribution is 0.842. The van der Waals surface area contributed by atoms with Crippen LogP contribution in [-0.2, 0) is 0 Å². The molecule has 0 aromatic heterocycles. The maximum Gasteiger partial charge on any atom is 0.205 e. The van der Waals surface area contributed by atoms with Crippen molar-refractivity contribution in [3.63, 3.8) is 0 Å². The average molecular weight is 109 g/mol. The number of hydrogen-bond donors (Lipinski definition) is 1. The van der Waals surface area contributed by atoms with E-state index >= 15 is 0 Å². The van der Waals surface area contributed by atoms with Gasteiger partial charge < -0.3 is 5.32 Å². The summed E-state index contributed by atoms with van der Waals surface area (Å²) in [5, 5.41) is 11.0. The molecule has 0 heterocycles. The maximum atomic E-state index is 8.02. The van der Waals surface area contributed by atoms with Gasteiger partial charge in [-0.15, -0.1) is 0 Å². The zero-order valence-corrected chi connectivity index (χ0v) is 4.68. The van der Waals surface area contributed by atoms with Crippen LogP contribution in [0.4, 0.5) is 0 Å². The number of nitrogens with zero attached hydrogens (tertiary/aromatic N) is 2. The fraction of sp³-hybridized carbons (Fsp3) is 0.600. The van der Waals surface area contributed by atoms with Crippen LogP contribution < -0.4 is 5.32 Å². The van der Waals surface area contributed by atoms with Crippen molar-refractivity contribution in [1.82, 2.24) is 5.32 Å². The van der Waals surface area contributed by atoms with Crippen molar-refractivity contribution in [1.29, 1.82) is 5.26 Å². The summed E-state index contributed by atoms with van der Waals surface area (Å²) in [6.45, 7) is 0. The Morgan fingerprint density at radius 2 is 2.75 bits per heavy atom. The van der Waals surface area contributed by atoms with Gasteiger partial charge in [0.25, 0.3) is 0 Å². The number of aliphatic imine (C=N–C) groups is 1. The SMILES string of the molecule is CNC1CC1=NC#N. The summed E-state index contributed by atoms with van der Waals surface area (Å²) in [5.41, 5.74) is 0.981. The minimum Gasteiger partial charge on any atom is -0.312 e. The zero-order valence-electron chi connectivity index (χ0n) is 4.68. The Balaban J connectivity index is 2.38. The number of hydrogen-bond acceptors (Lipinski definition) is 3. The molecule has 1 unspecified atom stereocenters. The smallest absolute Gasteiger partial charge is 0.205 e. The first kappa shape index (κ1) is 5.26. The van der Waals surface area contributed by atoms with Crippen molar-refractivity contribution in [2.45, 2.75) is 12.5 Å². The van der Waals surface area contributed by atoms with Crippen molar-refractivity contribution in [2.24, 2.45) is 4.99 Å². The van der Waals surface area contributed by atoms with E-state index in [1.54, 1.807) is 6.19 Å². The van der Waals surface area contributed by atoms with E-state index in [0.29, 0.717) is 6.04 Å². The van der Waals surface area contributed by atoms with Crippen molar-refractivity contribution in [3.8, 4) is 6.19 Å². The summed E-state index contributed by atoms with van der Waals surface area (Å²) in [7, 11) is 1.87. The molecule has 1 fully saturated rings. The molecule has 1 rings (SSSR count). The first-order chi connectivity index (χ1) is 3.88. The quantitative estimate of drug-likeness (QED) is 0.478. The van der Waals surface area contributed by atoms with E-state index in [1.807, 2.05) is 7.05 Å². The molecule has 0 spiro atoms. The third-order valence-electron chi connectivity index (χ3n) is 1.20. The first-order valence-electron chi connectivity index (χ1n) is 2.51. The lowest BCUT2D eigenvalue weighted by Crippen LogP contribution is -2.10. The van der Waals surface area contributed by atoms with Crippen LogP contribution in [0.5, 0.6) is 0 Å². The largest absolute Gasteiger partial charge is 0.312 e. The molecule has 1 aliphatic carbocycles. The normalized spacial score (nSPS) is 30.0. The predicted octanol–water partition coefficient (Wildman–Crippen LogP) is -0.0998. The van der Waals surface area contributed by atoms with Gasteiger partial charge in [0.05, 0.1) is 6.04 Å². The number of nitrogens with one attached hydrogen (secondary N) is 1. The highest BCUT2D eigenvalue weighted by Gasteiger charge is 2.29. The summed E-state index contributed by atoms with van der Waals surface area (Å²) in [6.07, 6.45) is 2.69. The Kier molecular flexibility index (Phi) is 1.27. The van der Waals surface area contributed by atoms with E-state index < -0.39 is 0 Å². The summed E-state index contributed by atoms with van der Waals surface area (Å²) in [5.74, 6) is 0. The molecule has 0 aromatic carbocycles. The van der Waals surface area contributed by atoms with Gasteiger partial charge in [0.15, 0.2) is 0 Å². The monoisotopic (exact) mass is 109 g/mol. The van der Waals surface area contributed by atoms with Gasteiger partial charge in [0.2, 0.25) is 6.19 Å². The summed E-state index contributed by atoms with van der Waals surface area (Å²) in [4.78, 5) is 3.55. The Labute approximate surface area is 48.0 Å². The molecular weight excluding hydrogens is 102 g/mol. The molecule has 1 N–H and O–H groups in total. The number of nitriles is 1. The molecule has 8 heavy (non-hydrogen) atoms. The highest BCUT2D eigenvalue weighted by Crippen LogP contribution is 2.14. The van der Waals surface area contributed by atoms with Crippen molar-refractivity contribution < 1.29 is 0 Å². The van der Waals surface area contributed by atoms with Crippen LogP contribution in [0.15, 0.2) is 4.99 Å². The van der Waals surface area contributed by atoms with Crippen molar-refractivity contribution >= 4 is 5.71 Å². The average Bonchev–Trinajstić information content (AvgIpc) is 2.48. The second-order valence-electron chi connectivity index (χ2n) is 1.75. The lowest BCUT2D eigenvalue weighted by Gasteiger charge is -1.81. The van der Waals surface area contributed by atoms with E-state index in [2.05, 4.69) is 10.3 Å². The Hall–Kier alpha value is -0.880. The van der Waals surface area contributed by atoms with Crippen LogP contribution in [0, 0.1) is 11.5 Å². The highest BCUT2D eigenvalue weighted by molar-refractivity contribution is 6.05. The van der Waals surface area contributed by atoms with E-state index in [1.165, 1.54) is 0 Å². The standard InChI is InChI=1S/C5H7N3/c1-7-4-2-5(4)8-3-6/h4,7H,2H2,1H3. The molecule has 3 heteroatoms. The molecule has 1 atom stereocenters. The van der Waals surface area contributed by atoms with Crippen LogP contribution in [0.25, 0.3) is 0 Å². The molecule has 0 saturated heterocycles. The molecule has 0 amide bonds. The molecule has 0 aromatic rings. The molecule has 42 valence electrons. The summed E-state index contributed by atoms with van der Waals surface area (Å²) in [6, 6.07) is 0.398. The fourth-order valence-electron chi connectivity index (χ4n) is 0.607. The second kappa shape index (κ2) is 1.93. The molecule has 1 aliphatic rings. The minimum atomic E-state index is 0.398. The van der Waals surface area contributed by atoms with Crippen LogP contribution in [-0.4, -0.2) is 18.8 Å². The van der Waals surface area contributed by atoms with Gasteiger partial charge >= 0.3 is 0 Å². The topological polar surface area (TPSA) is 48.2 Å². The predicted molar refractivity (Wildman–Crippen MR) is 30.5 cm³/mol. The van der Waals surface area contributed by atoms with Gasteiger partial charge in [-0.1, -0.05) is 0 Å². The van der Waals surface area contributed by atoms with E-state index in [9.17, 15) is 0 Å². The third-order valence-corrected chi connectivity index (χ3v) is 1.20. The van der Waals surface area contributed by atoms with Crippen LogP contribution >= 0.6 is 0 Å². The Morgan fingerprint density at radius 3 is 3.12 bits per heavy atom. The van der Waals surface area contributed by atoms with Gasteiger partial charge in [0.1, 0.15) is 0 Å². The zero-order chi connectivity index (χ0) is 5.98. The van der Waals surface area contributed by atoms with Crippen molar-refractivity contribution in [3.05, 3.63) is 0 Å². The highest BCUT2D eigenvalue weighted by atomic mass is 15.0. The van der Waals surface area contributed by atoms with E-state index in [4.69, 9.17) is 5.26 Å². The van der Waals surface area contributed by atoms with Gasteiger partial charge in [0, 0.05) is 12.1 Å². The fourth-order valence-corrected chi connectivity index (χ4v) is 0.607. The first-order valence-corrected chi connectivity index (χ1v) is 2.51. The van der Waals surface area contributed by atoms with Crippen LogP contribution in [0.3, 0.4) is 0 Å². The molecule has 1 saturated carbocycles. The van der Waals surface area contributed by atoms with Gasteiger partial charge in [-0.05, 0) is 7.05 Å². The van der Waals surface area contributed by atoms with Crippen LogP contribution in [0.1, 0.15) is 6.42 Å². The molecule has 3 nitrogen and oxygen atoms in total. The van der Waals surface area contributed by atoms with Gasteiger partial charge in [-0.25, -0.2) is 0 Å². The Bertz CT molecular complexity index is 154. The minimum absolute atomic E-state index is 0.398. The molecule has 0 aliphatic heterocycles. The maximum absolute atomic E-state index is 8.02. The Morgan fingerprint density at radius 1 is 2.00 bits per heavy atom. The third kappa shape index (κ3) is 0.849.